The molecule has 0 bridgehead atoms. The minimum atomic E-state index is -0.598. The standard InChI is InChI=1S/C16H13BCl2O6/c1-22-15(20)11-7-9(18)3-5-13(11)24-17-25-14-6-4-10(19)8-12(14)16(21)23-2/h3-8,17H,1-2H3. The monoisotopic (exact) mass is 382 g/mol. The molecule has 9 heteroatoms. The second-order valence-electron chi connectivity index (χ2n) is 4.67. The third-order valence-corrected chi connectivity index (χ3v) is 3.59. The van der Waals surface area contributed by atoms with Crippen molar-refractivity contribution in [1.82, 2.24) is 0 Å². The lowest BCUT2D eigenvalue weighted by Crippen LogP contribution is -2.16. The summed E-state index contributed by atoms with van der Waals surface area (Å²) in [6.07, 6.45) is 0. The maximum atomic E-state index is 11.8. The van der Waals surface area contributed by atoms with Crippen molar-refractivity contribution in [3.05, 3.63) is 57.6 Å². The van der Waals surface area contributed by atoms with Gasteiger partial charge in [0.25, 0.3) is 0 Å². The molecule has 130 valence electrons. The summed E-state index contributed by atoms with van der Waals surface area (Å²) in [4.78, 5) is 23.5. The van der Waals surface area contributed by atoms with Crippen molar-refractivity contribution in [2.75, 3.05) is 14.2 Å². The fraction of sp³-hybridized carbons (Fsp3) is 0.125. The first-order valence-corrected chi connectivity index (χ1v) is 7.73. The molecule has 0 spiro atoms. The predicted octanol–water partition coefficient (Wildman–Crippen LogP) is 3.29. The molecule has 2 aromatic carbocycles. The van der Waals surface area contributed by atoms with Gasteiger partial charge in [-0.2, -0.15) is 0 Å². The molecule has 0 N–H and O–H groups in total. The highest BCUT2D eigenvalue weighted by atomic mass is 35.5. The summed E-state index contributed by atoms with van der Waals surface area (Å²) in [6, 6.07) is 8.99. The number of methoxy groups -OCH3 is 2. The Bertz CT molecular complexity index is 731. The van der Waals surface area contributed by atoms with Crippen LogP contribution in [-0.4, -0.2) is 33.8 Å². The summed E-state index contributed by atoms with van der Waals surface area (Å²) >= 11 is 11.8. The molecule has 0 radical (unpaired) electrons. The third kappa shape index (κ3) is 4.81. The quantitative estimate of drug-likeness (QED) is 0.563. The van der Waals surface area contributed by atoms with Gasteiger partial charge < -0.3 is 18.8 Å². The smallest absolute Gasteiger partial charge is 0.528 e. The Kier molecular flexibility index (Phi) is 6.55. The first-order valence-electron chi connectivity index (χ1n) is 6.97. The predicted molar refractivity (Wildman–Crippen MR) is 94.0 cm³/mol. The molecule has 0 heterocycles. The Morgan fingerprint density at radius 3 is 1.56 bits per heavy atom. The van der Waals surface area contributed by atoms with Gasteiger partial charge in [0, 0.05) is 10.0 Å². The van der Waals surface area contributed by atoms with Crippen LogP contribution < -0.4 is 9.31 Å². The van der Waals surface area contributed by atoms with Crippen molar-refractivity contribution in [1.29, 1.82) is 0 Å². The Morgan fingerprint density at radius 1 is 0.800 bits per heavy atom. The van der Waals surface area contributed by atoms with E-state index >= 15 is 0 Å². The van der Waals surface area contributed by atoms with Gasteiger partial charge in [-0.15, -0.1) is 0 Å². The van der Waals surface area contributed by atoms with Crippen LogP contribution in [0, 0.1) is 0 Å². The fourth-order valence-electron chi connectivity index (χ4n) is 1.95. The third-order valence-electron chi connectivity index (χ3n) is 3.12. The van der Waals surface area contributed by atoms with Crippen LogP contribution in [0.15, 0.2) is 36.4 Å². The second kappa shape index (κ2) is 8.64. The van der Waals surface area contributed by atoms with Crippen molar-refractivity contribution in [3.8, 4) is 11.5 Å². The highest BCUT2D eigenvalue weighted by molar-refractivity contribution is 6.31. The van der Waals surface area contributed by atoms with Crippen LogP contribution in [-0.2, 0) is 9.47 Å². The summed E-state index contributed by atoms with van der Waals surface area (Å²) in [7, 11) is 2.23. The number of rotatable bonds is 6. The number of hydrogen-bond acceptors (Lipinski definition) is 6. The SMILES string of the molecule is COC(=O)c1cc(Cl)ccc1OBOc1ccc(Cl)cc1C(=O)OC. The molecule has 2 rings (SSSR count). The highest BCUT2D eigenvalue weighted by Gasteiger charge is 2.17. The average molecular weight is 383 g/mol. The molecule has 25 heavy (non-hydrogen) atoms. The Balaban J connectivity index is 2.14. The largest absolute Gasteiger partial charge is 0.576 e. The molecule has 0 aliphatic heterocycles. The van der Waals surface area contributed by atoms with Crippen LogP contribution in [0.2, 0.25) is 10.0 Å². The van der Waals surface area contributed by atoms with Crippen molar-refractivity contribution in [3.63, 3.8) is 0 Å². The normalized spacial score (nSPS) is 9.92. The van der Waals surface area contributed by atoms with E-state index < -0.39 is 11.9 Å². The van der Waals surface area contributed by atoms with Gasteiger partial charge in [-0.1, -0.05) is 23.2 Å². The summed E-state index contributed by atoms with van der Waals surface area (Å²) < 4.78 is 20.3. The lowest BCUT2D eigenvalue weighted by Gasteiger charge is -2.13. The van der Waals surface area contributed by atoms with Crippen molar-refractivity contribution in [2.45, 2.75) is 0 Å². The van der Waals surface area contributed by atoms with E-state index in [1.165, 1.54) is 38.5 Å². The van der Waals surface area contributed by atoms with Crippen molar-refractivity contribution < 1.29 is 28.4 Å². The van der Waals surface area contributed by atoms with Crippen LogP contribution in [0.4, 0.5) is 0 Å². The van der Waals surface area contributed by atoms with Crippen LogP contribution in [0.25, 0.3) is 0 Å². The minimum Gasteiger partial charge on any atom is -0.528 e. The molecule has 0 fully saturated rings. The van der Waals surface area contributed by atoms with Crippen LogP contribution in [0.3, 0.4) is 0 Å². The Hall–Kier alpha value is -2.38. The first kappa shape index (κ1) is 19.0. The maximum absolute atomic E-state index is 11.8. The molecule has 0 aromatic heterocycles. The fourth-order valence-corrected chi connectivity index (χ4v) is 2.30. The zero-order chi connectivity index (χ0) is 18.4. The van der Waals surface area contributed by atoms with Gasteiger partial charge in [0.05, 0.1) is 14.2 Å². The summed E-state index contributed by atoms with van der Waals surface area (Å²) in [5, 5.41) is 0.721. The molecule has 2 aromatic rings. The van der Waals surface area contributed by atoms with E-state index in [1.54, 1.807) is 12.1 Å². The minimum absolute atomic E-state index is 0.155. The van der Waals surface area contributed by atoms with Gasteiger partial charge >= 0.3 is 19.6 Å². The van der Waals surface area contributed by atoms with Crippen LogP contribution in [0.1, 0.15) is 20.7 Å². The number of carbonyl (C=O) groups excluding carboxylic acids is 2. The van der Waals surface area contributed by atoms with Crippen LogP contribution in [0.5, 0.6) is 11.5 Å². The van der Waals surface area contributed by atoms with Gasteiger partial charge in [-0.05, 0) is 36.4 Å². The number of esters is 2. The van der Waals surface area contributed by atoms with Crippen molar-refractivity contribution in [2.24, 2.45) is 0 Å². The van der Waals surface area contributed by atoms with E-state index in [4.69, 9.17) is 32.5 Å². The first-order chi connectivity index (χ1) is 12.0. The Morgan fingerprint density at radius 2 is 1.20 bits per heavy atom. The van der Waals surface area contributed by atoms with Crippen LogP contribution >= 0.6 is 23.2 Å². The van der Waals surface area contributed by atoms with Gasteiger partial charge in [-0.3, -0.25) is 0 Å². The van der Waals surface area contributed by atoms with E-state index in [0.717, 1.165) is 0 Å². The van der Waals surface area contributed by atoms with Gasteiger partial charge in [0.1, 0.15) is 22.6 Å². The van der Waals surface area contributed by atoms with E-state index in [1.807, 2.05) is 0 Å². The number of ether oxygens (including phenoxy) is 2. The molecule has 0 atom stereocenters. The lowest BCUT2D eigenvalue weighted by molar-refractivity contribution is 0.0590. The number of hydrogen-bond donors (Lipinski definition) is 0. The van der Waals surface area contributed by atoms with Gasteiger partial charge in [0.2, 0.25) is 0 Å². The number of halogens is 2. The molecular weight excluding hydrogens is 370 g/mol. The highest BCUT2D eigenvalue weighted by Crippen LogP contribution is 2.25. The Labute approximate surface area is 154 Å². The van der Waals surface area contributed by atoms with E-state index in [-0.39, 0.29) is 30.3 Å². The van der Waals surface area contributed by atoms with E-state index in [0.29, 0.717) is 10.0 Å². The number of benzene rings is 2. The molecule has 0 aliphatic rings. The topological polar surface area (TPSA) is 71.1 Å². The number of carbonyl (C=O) groups is 2. The second-order valence-corrected chi connectivity index (χ2v) is 5.54. The van der Waals surface area contributed by atoms with Gasteiger partial charge in [-0.25, -0.2) is 9.59 Å². The molecule has 0 unspecified atom stereocenters. The maximum Gasteiger partial charge on any atom is 0.576 e. The molecule has 0 amide bonds. The molecule has 0 saturated heterocycles. The molecule has 6 nitrogen and oxygen atoms in total. The van der Waals surface area contributed by atoms with E-state index in [9.17, 15) is 9.59 Å². The molecule has 0 saturated carbocycles. The zero-order valence-corrected chi connectivity index (χ0v) is 14.9. The molecular formula is C16H13BCl2O6. The summed E-state index contributed by atoms with van der Waals surface area (Å²) in [5.41, 5.74) is 0.311. The summed E-state index contributed by atoms with van der Waals surface area (Å²) in [6.45, 7) is 0. The molecule has 0 aliphatic carbocycles. The van der Waals surface area contributed by atoms with Crippen molar-refractivity contribution >= 4 is 42.8 Å². The lowest BCUT2D eigenvalue weighted by atomic mass is 10.1. The van der Waals surface area contributed by atoms with E-state index in [2.05, 4.69) is 9.47 Å². The summed E-state index contributed by atoms with van der Waals surface area (Å²) in [5.74, 6) is -0.742. The van der Waals surface area contributed by atoms with Gasteiger partial charge in [0.15, 0.2) is 0 Å². The zero-order valence-electron chi connectivity index (χ0n) is 13.4. The average Bonchev–Trinajstić information content (AvgIpc) is 2.62.